The first-order chi connectivity index (χ1) is 20.0. The van der Waals surface area contributed by atoms with E-state index in [1.54, 1.807) is 21.7 Å². The van der Waals surface area contributed by atoms with E-state index in [1.807, 2.05) is 57.3 Å². The van der Waals surface area contributed by atoms with Gasteiger partial charge < -0.3 is 19.4 Å². The molecule has 218 valence electrons. The van der Waals surface area contributed by atoms with Crippen molar-refractivity contribution >= 4 is 17.7 Å². The van der Waals surface area contributed by atoms with Crippen molar-refractivity contribution in [3.8, 4) is 22.7 Å². The lowest BCUT2D eigenvalue weighted by Gasteiger charge is -2.38. The number of fused-ring (bicyclic) bond motifs is 2. The summed E-state index contributed by atoms with van der Waals surface area (Å²) in [5.74, 6) is -0.748. The molecule has 11 nitrogen and oxygen atoms in total. The Hall–Kier alpha value is -4.68. The number of likely N-dealkylation sites (tertiary alicyclic amines) is 1. The van der Waals surface area contributed by atoms with Crippen LogP contribution in [0.25, 0.3) is 22.7 Å². The molecule has 6 rings (SSSR count). The van der Waals surface area contributed by atoms with Crippen molar-refractivity contribution in [3.05, 3.63) is 65.7 Å². The van der Waals surface area contributed by atoms with Gasteiger partial charge in [-0.2, -0.15) is 8.78 Å². The molecule has 1 saturated heterocycles. The summed E-state index contributed by atoms with van der Waals surface area (Å²) in [5, 5.41) is 18.7. The largest absolute Gasteiger partial charge is 0.444 e. The van der Waals surface area contributed by atoms with Crippen molar-refractivity contribution in [1.82, 2.24) is 30.1 Å². The molecule has 13 heteroatoms. The summed E-state index contributed by atoms with van der Waals surface area (Å²) in [5.41, 5.74) is 3.27. The molecule has 0 saturated carbocycles. The summed E-state index contributed by atoms with van der Waals surface area (Å²) in [4.78, 5) is 27.4. The number of hydrogen-bond donors (Lipinski definition) is 1. The summed E-state index contributed by atoms with van der Waals surface area (Å²) in [6, 6.07) is 12.8. The molecular weight excluding hydrogens is 548 g/mol. The predicted octanol–water partition coefficient (Wildman–Crippen LogP) is 5.20. The van der Waals surface area contributed by atoms with Crippen LogP contribution < -0.4 is 5.32 Å². The van der Waals surface area contributed by atoms with Gasteiger partial charge in [0.15, 0.2) is 0 Å². The molecule has 2 amide bonds. The Balaban J connectivity index is 1.16. The fourth-order valence-corrected chi connectivity index (χ4v) is 5.35. The van der Waals surface area contributed by atoms with Crippen LogP contribution >= 0.6 is 0 Å². The number of benzene rings is 2. The Bertz CT molecular complexity index is 1630. The molecule has 0 radical (unpaired) electrons. The molecule has 1 N–H and O–H groups in total. The van der Waals surface area contributed by atoms with Crippen LogP contribution in [0, 0.1) is 0 Å². The normalized spacial score (nSPS) is 16.1. The molecule has 0 bridgehead atoms. The second kappa shape index (κ2) is 10.3. The van der Waals surface area contributed by atoms with Crippen molar-refractivity contribution in [1.29, 1.82) is 0 Å². The standard InChI is InChI=1S/C29H29F2N7O4/c1-28(2,3)42-27(40)37-12-10-29(11-13-37)20-14-19(8-9-21(20)32-26(29)39)22-16-38(36-33-22)15-17-4-6-18(7-5-17)24-34-35-25(41-24)23(30)31/h4-9,14,16,23H,10-13,15H2,1-3H3,(H,32,39). The Morgan fingerprint density at radius 3 is 2.45 bits per heavy atom. The number of ether oxygens (including phenoxy) is 1. The summed E-state index contributed by atoms with van der Waals surface area (Å²) >= 11 is 0. The van der Waals surface area contributed by atoms with Crippen LogP contribution in [0.4, 0.5) is 19.3 Å². The lowest BCUT2D eigenvalue weighted by molar-refractivity contribution is -0.122. The first-order valence-corrected chi connectivity index (χ1v) is 13.6. The fourth-order valence-electron chi connectivity index (χ4n) is 5.35. The van der Waals surface area contributed by atoms with Crippen molar-refractivity contribution in [2.24, 2.45) is 0 Å². The van der Waals surface area contributed by atoms with Crippen LogP contribution in [0.15, 0.2) is 53.1 Å². The molecule has 2 aliphatic rings. The zero-order chi connectivity index (χ0) is 29.6. The third kappa shape index (κ3) is 5.21. The first-order valence-electron chi connectivity index (χ1n) is 13.6. The van der Waals surface area contributed by atoms with E-state index in [-0.39, 0.29) is 17.9 Å². The number of halogens is 2. The number of piperidine rings is 1. The van der Waals surface area contributed by atoms with Gasteiger partial charge in [-0.1, -0.05) is 23.4 Å². The summed E-state index contributed by atoms with van der Waals surface area (Å²) < 4.78 is 37.7. The van der Waals surface area contributed by atoms with Crippen molar-refractivity contribution in [3.63, 3.8) is 0 Å². The van der Waals surface area contributed by atoms with Crippen LogP contribution in [0.5, 0.6) is 0 Å². The van der Waals surface area contributed by atoms with E-state index < -0.39 is 23.3 Å². The molecule has 4 aromatic rings. The summed E-state index contributed by atoms with van der Waals surface area (Å²) in [6.07, 6.45) is -0.386. The predicted molar refractivity (Wildman–Crippen MR) is 147 cm³/mol. The number of nitrogens with zero attached hydrogens (tertiary/aromatic N) is 6. The Labute approximate surface area is 239 Å². The quantitative estimate of drug-likeness (QED) is 0.343. The van der Waals surface area contributed by atoms with Gasteiger partial charge in [-0.3, -0.25) is 4.79 Å². The minimum atomic E-state index is -2.82. The fraction of sp³-hybridized carbons (Fsp3) is 0.379. The van der Waals surface area contributed by atoms with Gasteiger partial charge in [-0.15, -0.1) is 15.3 Å². The van der Waals surface area contributed by atoms with E-state index >= 15 is 0 Å². The van der Waals surface area contributed by atoms with E-state index in [9.17, 15) is 18.4 Å². The smallest absolute Gasteiger partial charge is 0.410 e. The zero-order valence-corrected chi connectivity index (χ0v) is 23.3. The van der Waals surface area contributed by atoms with E-state index in [0.29, 0.717) is 43.7 Å². The lowest BCUT2D eigenvalue weighted by atomic mass is 9.73. The summed E-state index contributed by atoms with van der Waals surface area (Å²) in [7, 11) is 0. The van der Waals surface area contributed by atoms with Crippen LogP contribution in [0.3, 0.4) is 0 Å². The number of nitrogens with one attached hydrogen (secondary N) is 1. The van der Waals surface area contributed by atoms with Gasteiger partial charge in [0.1, 0.15) is 11.3 Å². The average molecular weight is 578 g/mol. The number of alkyl halides is 2. The molecule has 0 atom stereocenters. The molecule has 2 aliphatic heterocycles. The number of carbonyl (C=O) groups is 2. The van der Waals surface area contributed by atoms with Crippen LogP contribution in [0.1, 0.15) is 57.1 Å². The molecule has 2 aromatic heterocycles. The number of amides is 2. The molecule has 1 fully saturated rings. The maximum Gasteiger partial charge on any atom is 0.410 e. The highest BCUT2D eigenvalue weighted by Gasteiger charge is 2.49. The zero-order valence-electron chi connectivity index (χ0n) is 23.3. The molecule has 2 aromatic carbocycles. The first kappa shape index (κ1) is 27.5. The van der Waals surface area contributed by atoms with Crippen LogP contribution in [-0.4, -0.2) is 60.8 Å². The van der Waals surface area contributed by atoms with Crippen molar-refractivity contribution in [2.45, 2.75) is 57.6 Å². The third-order valence-corrected chi connectivity index (χ3v) is 7.49. The number of rotatable bonds is 5. The molecule has 42 heavy (non-hydrogen) atoms. The molecule has 1 spiro atoms. The number of carbonyl (C=O) groups excluding carboxylic acids is 2. The van der Waals surface area contributed by atoms with Gasteiger partial charge in [0.05, 0.1) is 18.2 Å². The SMILES string of the molecule is CC(C)(C)OC(=O)N1CCC2(CC1)C(=O)Nc1ccc(-c3cn(Cc4ccc(-c5nnc(C(F)F)o5)cc4)nn3)cc12. The Morgan fingerprint density at radius 2 is 1.79 bits per heavy atom. The van der Waals surface area contributed by atoms with Gasteiger partial charge >= 0.3 is 12.5 Å². The maximum absolute atomic E-state index is 13.2. The number of anilines is 1. The molecule has 0 unspecified atom stereocenters. The third-order valence-electron chi connectivity index (χ3n) is 7.49. The minimum absolute atomic E-state index is 0.0257. The highest BCUT2D eigenvalue weighted by molar-refractivity contribution is 6.07. The van der Waals surface area contributed by atoms with Gasteiger partial charge in [0.25, 0.3) is 5.89 Å². The number of hydrogen-bond acceptors (Lipinski definition) is 8. The molecule has 4 heterocycles. The van der Waals surface area contributed by atoms with Crippen LogP contribution in [-0.2, 0) is 21.5 Å². The van der Waals surface area contributed by atoms with E-state index in [0.717, 1.165) is 22.4 Å². The second-order valence-corrected chi connectivity index (χ2v) is 11.5. The van der Waals surface area contributed by atoms with E-state index in [1.165, 1.54) is 0 Å². The topological polar surface area (TPSA) is 128 Å². The lowest BCUT2D eigenvalue weighted by Crippen LogP contribution is -2.49. The highest BCUT2D eigenvalue weighted by atomic mass is 19.3. The van der Waals surface area contributed by atoms with Crippen molar-refractivity contribution in [2.75, 3.05) is 18.4 Å². The monoisotopic (exact) mass is 577 g/mol. The second-order valence-electron chi connectivity index (χ2n) is 11.5. The maximum atomic E-state index is 13.2. The van der Waals surface area contributed by atoms with Gasteiger partial charge in [-0.25, -0.2) is 9.48 Å². The molecular formula is C29H29F2N7O4. The van der Waals surface area contributed by atoms with Crippen LogP contribution in [0.2, 0.25) is 0 Å². The van der Waals surface area contributed by atoms with Crippen molar-refractivity contribution < 1.29 is 27.5 Å². The van der Waals surface area contributed by atoms with Gasteiger partial charge in [-0.05, 0) is 69.0 Å². The average Bonchev–Trinajstić information content (AvgIpc) is 3.68. The minimum Gasteiger partial charge on any atom is -0.444 e. The number of aromatic nitrogens is 5. The van der Waals surface area contributed by atoms with Gasteiger partial charge in [0, 0.05) is 29.9 Å². The molecule has 0 aliphatic carbocycles. The summed E-state index contributed by atoms with van der Waals surface area (Å²) in [6.45, 7) is 6.75. The van der Waals surface area contributed by atoms with E-state index in [4.69, 9.17) is 9.15 Å². The van der Waals surface area contributed by atoms with E-state index in [2.05, 4.69) is 25.8 Å². The Morgan fingerprint density at radius 1 is 1.07 bits per heavy atom. The Kier molecular flexibility index (Phi) is 6.74. The van der Waals surface area contributed by atoms with Gasteiger partial charge in [0.2, 0.25) is 11.8 Å². The highest BCUT2D eigenvalue weighted by Crippen LogP contribution is 2.46.